The molecule has 2 unspecified atom stereocenters. The predicted molar refractivity (Wildman–Crippen MR) is 142 cm³/mol. The lowest BCUT2D eigenvalue weighted by Crippen LogP contribution is -2.47. The van der Waals surface area contributed by atoms with Gasteiger partial charge in [0, 0.05) is 32.0 Å². The van der Waals surface area contributed by atoms with Crippen molar-refractivity contribution in [3.05, 3.63) is 60.7 Å². The van der Waals surface area contributed by atoms with Gasteiger partial charge >= 0.3 is 11.8 Å². The van der Waals surface area contributed by atoms with Crippen LogP contribution in [-0.4, -0.2) is 66.7 Å². The average Bonchev–Trinajstić information content (AvgIpc) is 3.33. The van der Waals surface area contributed by atoms with Crippen LogP contribution in [0.3, 0.4) is 0 Å². The van der Waals surface area contributed by atoms with Gasteiger partial charge in [-0.3, -0.25) is 19.2 Å². The summed E-state index contributed by atoms with van der Waals surface area (Å²) in [5.41, 5.74) is 1.18. The molecule has 4 amide bonds. The van der Waals surface area contributed by atoms with E-state index in [1.54, 1.807) is 54.6 Å². The third-order valence-corrected chi connectivity index (χ3v) is 5.53. The molecule has 9 nitrogen and oxygen atoms in total. The first kappa shape index (κ1) is 29.0. The number of hydrogen-bond acceptors (Lipinski definition) is 5. The molecule has 196 valence electrons. The largest absolute Gasteiger partial charge is 0.328 e. The number of rotatable bonds is 5. The molecule has 0 bridgehead atoms. The molecule has 2 aromatic rings. The van der Waals surface area contributed by atoms with E-state index in [-0.39, 0.29) is 25.4 Å². The Labute approximate surface area is 218 Å². The van der Waals surface area contributed by atoms with Gasteiger partial charge in [-0.1, -0.05) is 57.2 Å². The summed E-state index contributed by atoms with van der Waals surface area (Å²) >= 11 is 0. The molecule has 0 radical (unpaired) electrons. The molecule has 0 aliphatic carbocycles. The van der Waals surface area contributed by atoms with Crippen molar-refractivity contribution in [1.82, 2.24) is 9.80 Å². The molecular formula is C28H35N5O4. The number of carbonyl (C=O) groups is 4. The standard InChI is InChI=1S/C24H25N5O4.C4H10/c1-27(23(32)24(33)28(2)19-11-7-4-8-12-19)16-21(30)29-15-17(13-20(29)14-25)22(31)26-18-9-5-3-6-10-18;1-4(2)3/h3-12,17,20H,13,15-16H2,1-2H3,(H,26,31);4H,1-3H3. The highest BCUT2D eigenvalue weighted by Crippen LogP contribution is 2.25. The highest BCUT2D eigenvalue weighted by molar-refractivity contribution is 6.40. The van der Waals surface area contributed by atoms with Crippen LogP contribution in [0, 0.1) is 23.2 Å². The fourth-order valence-electron chi connectivity index (χ4n) is 3.63. The second-order valence-electron chi connectivity index (χ2n) is 9.57. The molecule has 1 fully saturated rings. The minimum absolute atomic E-state index is 0.0651. The molecule has 9 heteroatoms. The van der Waals surface area contributed by atoms with E-state index in [0.717, 1.165) is 10.8 Å². The average molecular weight is 506 g/mol. The number of likely N-dealkylation sites (tertiary alicyclic amines) is 1. The number of benzene rings is 2. The summed E-state index contributed by atoms with van der Waals surface area (Å²) in [6, 6.07) is 18.9. The van der Waals surface area contributed by atoms with Crippen molar-refractivity contribution in [2.45, 2.75) is 33.2 Å². The van der Waals surface area contributed by atoms with Crippen molar-refractivity contribution >= 4 is 35.0 Å². The molecule has 0 spiro atoms. The molecule has 1 N–H and O–H groups in total. The van der Waals surface area contributed by atoms with Gasteiger partial charge in [0.1, 0.15) is 6.04 Å². The number of nitriles is 1. The SMILES string of the molecule is CC(C)C.CN(CC(=O)N1CC(C(=O)Nc2ccccc2)CC1C#N)C(=O)C(=O)N(C)c1ccccc1. The van der Waals surface area contributed by atoms with Gasteiger partial charge in [0.15, 0.2) is 0 Å². The minimum atomic E-state index is -0.847. The molecule has 2 atom stereocenters. The number of para-hydroxylation sites is 2. The molecule has 37 heavy (non-hydrogen) atoms. The number of nitrogens with one attached hydrogen (secondary N) is 1. The lowest BCUT2D eigenvalue weighted by atomic mass is 10.1. The van der Waals surface area contributed by atoms with Crippen LogP contribution < -0.4 is 10.2 Å². The second-order valence-corrected chi connectivity index (χ2v) is 9.57. The zero-order valence-corrected chi connectivity index (χ0v) is 22.0. The van der Waals surface area contributed by atoms with E-state index in [9.17, 15) is 24.4 Å². The molecule has 3 rings (SSSR count). The van der Waals surface area contributed by atoms with Gasteiger partial charge in [-0.25, -0.2) is 0 Å². The van der Waals surface area contributed by atoms with Gasteiger partial charge < -0.3 is 20.0 Å². The van der Waals surface area contributed by atoms with Crippen molar-refractivity contribution in [2.75, 3.05) is 37.4 Å². The topological polar surface area (TPSA) is 114 Å². The monoisotopic (exact) mass is 505 g/mol. The molecule has 1 aliphatic rings. The van der Waals surface area contributed by atoms with Crippen molar-refractivity contribution < 1.29 is 19.2 Å². The maximum atomic E-state index is 12.8. The Morgan fingerprint density at radius 3 is 2.05 bits per heavy atom. The minimum Gasteiger partial charge on any atom is -0.328 e. The van der Waals surface area contributed by atoms with Gasteiger partial charge in [0.25, 0.3) is 0 Å². The highest BCUT2D eigenvalue weighted by Gasteiger charge is 2.39. The Balaban J connectivity index is 0.00000112. The van der Waals surface area contributed by atoms with E-state index in [0.29, 0.717) is 11.4 Å². The zero-order valence-electron chi connectivity index (χ0n) is 22.0. The number of nitrogens with zero attached hydrogens (tertiary/aromatic N) is 4. The van der Waals surface area contributed by atoms with Crippen molar-refractivity contribution in [1.29, 1.82) is 5.26 Å². The first-order valence-electron chi connectivity index (χ1n) is 12.2. The lowest BCUT2D eigenvalue weighted by Gasteiger charge is -2.25. The van der Waals surface area contributed by atoms with Crippen LogP contribution >= 0.6 is 0 Å². The van der Waals surface area contributed by atoms with Gasteiger partial charge in [-0.2, -0.15) is 5.26 Å². The van der Waals surface area contributed by atoms with E-state index in [4.69, 9.17) is 0 Å². The fourth-order valence-corrected chi connectivity index (χ4v) is 3.63. The third-order valence-electron chi connectivity index (χ3n) is 5.53. The summed E-state index contributed by atoms with van der Waals surface area (Å²) in [4.78, 5) is 54.1. The number of amides is 4. The smallest absolute Gasteiger partial charge is 0.316 e. The Hall–Kier alpha value is -4.19. The van der Waals surface area contributed by atoms with E-state index in [2.05, 4.69) is 32.2 Å². The quantitative estimate of drug-likeness (QED) is 0.627. The van der Waals surface area contributed by atoms with E-state index in [1.165, 1.54) is 23.9 Å². The Kier molecular flexibility index (Phi) is 10.8. The number of carbonyl (C=O) groups excluding carboxylic acids is 4. The normalized spacial score (nSPS) is 16.2. The summed E-state index contributed by atoms with van der Waals surface area (Å²) in [6.07, 6.45) is 0.203. The third kappa shape index (κ3) is 8.46. The van der Waals surface area contributed by atoms with Gasteiger partial charge in [0.05, 0.1) is 18.5 Å². The summed E-state index contributed by atoms with van der Waals surface area (Å²) in [5, 5.41) is 12.3. The van der Waals surface area contributed by atoms with Crippen LogP contribution in [0.2, 0.25) is 0 Å². The van der Waals surface area contributed by atoms with E-state index in [1.807, 2.05) is 6.07 Å². The summed E-state index contributed by atoms with van der Waals surface area (Å²) in [6.45, 7) is 6.19. The number of hydrogen-bond donors (Lipinski definition) is 1. The number of anilines is 2. The molecule has 2 aromatic carbocycles. The van der Waals surface area contributed by atoms with Crippen LogP contribution in [0.25, 0.3) is 0 Å². The van der Waals surface area contributed by atoms with Gasteiger partial charge in [-0.15, -0.1) is 0 Å². The van der Waals surface area contributed by atoms with E-state index >= 15 is 0 Å². The Morgan fingerprint density at radius 2 is 1.51 bits per heavy atom. The molecular weight excluding hydrogens is 470 g/mol. The predicted octanol–water partition coefficient (Wildman–Crippen LogP) is 3.15. The summed E-state index contributed by atoms with van der Waals surface area (Å²) in [5.74, 6) is -2.12. The van der Waals surface area contributed by atoms with E-state index < -0.39 is 29.7 Å². The highest BCUT2D eigenvalue weighted by atomic mass is 16.2. The molecule has 1 aliphatic heterocycles. The summed E-state index contributed by atoms with van der Waals surface area (Å²) in [7, 11) is 2.83. The lowest BCUT2D eigenvalue weighted by molar-refractivity contribution is -0.146. The Morgan fingerprint density at radius 1 is 0.973 bits per heavy atom. The number of likely N-dealkylation sites (N-methyl/N-ethyl adjacent to an activating group) is 2. The Bertz CT molecular complexity index is 1110. The second kappa shape index (κ2) is 13.8. The molecule has 1 saturated heterocycles. The van der Waals surface area contributed by atoms with Crippen molar-refractivity contribution in [3.8, 4) is 6.07 Å². The van der Waals surface area contributed by atoms with Crippen LogP contribution in [0.1, 0.15) is 27.2 Å². The van der Waals surface area contributed by atoms with Crippen molar-refractivity contribution in [2.24, 2.45) is 11.8 Å². The molecule has 0 saturated carbocycles. The van der Waals surface area contributed by atoms with Crippen LogP contribution in [0.5, 0.6) is 0 Å². The van der Waals surface area contributed by atoms with Gasteiger partial charge in [-0.05, 0) is 36.6 Å². The zero-order chi connectivity index (χ0) is 27.5. The van der Waals surface area contributed by atoms with Crippen LogP contribution in [0.15, 0.2) is 60.7 Å². The summed E-state index contributed by atoms with van der Waals surface area (Å²) < 4.78 is 0. The maximum absolute atomic E-state index is 12.8. The van der Waals surface area contributed by atoms with Crippen LogP contribution in [-0.2, 0) is 19.2 Å². The fraction of sp³-hybridized carbons (Fsp3) is 0.393. The van der Waals surface area contributed by atoms with Crippen molar-refractivity contribution in [3.63, 3.8) is 0 Å². The molecule has 0 aromatic heterocycles. The van der Waals surface area contributed by atoms with Crippen LogP contribution in [0.4, 0.5) is 11.4 Å². The molecule has 1 heterocycles. The maximum Gasteiger partial charge on any atom is 0.316 e. The first-order valence-corrected chi connectivity index (χ1v) is 12.2. The first-order chi connectivity index (χ1) is 17.5. The van der Waals surface area contributed by atoms with Gasteiger partial charge in [0.2, 0.25) is 11.8 Å².